The minimum atomic E-state index is -0.388. The van der Waals surface area contributed by atoms with Gasteiger partial charge in [-0.25, -0.2) is 0 Å². The first kappa shape index (κ1) is 15.8. The Labute approximate surface area is 134 Å². The van der Waals surface area contributed by atoms with Crippen LogP contribution in [-0.4, -0.2) is 36.9 Å². The van der Waals surface area contributed by atoms with Crippen LogP contribution in [0, 0.1) is 10.8 Å². The molecule has 122 valence electrons. The summed E-state index contributed by atoms with van der Waals surface area (Å²) < 4.78 is 5.69. The van der Waals surface area contributed by atoms with E-state index >= 15 is 0 Å². The Morgan fingerprint density at radius 1 is 1.23 bits per heavy atom. The molecular formula is C19H30NO2+. The lowest BCUT2D eigenvalue weighted by molar-refractivity contribution is -0.917. The number of rotatable bonds is 5. The second kappa shape index (κ2) is 5.86. The summed E-state index contributed by atoms with van der Waals surface area (Å²) in [6.07, 6.45) is 3.53. The van der Waals surface area contributed by atoms with Crippen LogP contribution in [0.1, 0.15) is 40.0 Å². The SMILES string of the molecule is CC1(C)C[C@@H]2C[C@@](C)(C[NH+]2C[C@@H](O)COc2ccccc2)C1. The summed E-state index contributed by atoms with van der Waals surface area (Å²) in [6.45, 7) is 9.62. The zero-order valence-electron chi connectivity index (χ0n) is 14.1. The Bertz CT molecular complexity index is 501. The third kappa shape index (κ3) is 3.64. The molecule has 2 aliphatic rings. The molecule has 0 amide bonds. The number of fused-ring (bicyclic) bond motifs is 2. The van der Waals surface area contributed by atoms with E-state index in [2.05, 4.69) is 20.8 Å². The van der Waals surface area contributed by atoms with Gasteiger partial charge in [0.2, 0.25) is 0 Å². The van der Waals surface area contributed by atoms with Crippen LogP contribution in [0.2, 0.25) is 0 Å². The highest BCUT2D eigenvalue weighted by Crippen LogP contribution is 2.47. The number of hydrogen-bond acceptors (Lipinski definition) is 2. The molecule has 1 saturated carbocycles. The Morgan fingerprint density at radius 2 is 1.95 bits per heavy atom. The maximum Gasteiger partial charge on any atom is 0.137 e. The molecule has 0 aromatic heterocycles. The summed E-state index contributed by atoms with van der Waals surface area (Å²) in [6, 6.07) is 10.5. The molecule has 4 atom stereocenters. The molecule has 1 unspecified atom stereocenters. The number of para-hydroxylation sites is 1. The average molecular weight is 304 g/mol. The lowest BCUT2D eigenvalue weighted by Gasteiger charge is -2.37. The maximum absolute atomic E-state index is 10.4. The maximum atomic E-state index is 10.4. The fourth-order valence-electron chi connectivity index (χ4n) is 5.06. The van der Waals surface area contributed by atoms with Gasteiger partial charge in [-0.15, -0.1) is 0 Å². The van der Waals surface area contributed by atoms with E-state index in [-0.39, 0.29) is 6.10 Å². The minimum Gasteiger partial charge on any atom is -0.491 e. The summed E-state index contributed by atoms with van der Waals surface area (Å²) >= 11 is 0. The molecule has 1 saturated heterocycles. The second-order valence-electron chi connectivity index (χ2n) is 8.57. The molecule has 3 rings (SSSR count). The lowest BCUT2D eigenvalue weighted by Crippen LogP contribution is -3.15. The monoisotopic (exact) mass is 304 g/mol. The number of aliphatic hydroxyl groups excluding tert-OH is 1. The highest BCUT2D eigenvalue weighted by atomic mass is 16.5. The highest BCUT2D eigenvalue weighted by molar-refractivity contribution is 5.20. The van der Waals surface area contributed by atoms with Gasteiger partial charge in [0.05, 0.1) is 12.6 Å². The average Bonchev–Trinajstić information content (AvgIpc) is 2.66. The standard InChI is InChI=1S/C19H29NO2/c1-18(2)9-15-10-19(3,13-18)14-20(15)11-16(21)12-22-17-7-5-4-6-8-17/h4-8,15-16,21H,9-14H2,1-3H3/p+1/t15-,16-,19-/m1/s1. The smallest absolute Gasteiger partial charge is 0.137 e. The van der Waals surface area contributed by atoms with Crippen molar-refractivity contribution in [3.63, 3.8) is 0 Å². The van der Waals surface area contributed by atoms with Gasteiger partial charge >= 0.3 is 0 Å². The van der Waals surface area contributed by atoms with E-state index in [1.54, 1.807) is 4.90 Å². The number of aliphatic hydroxyl groups is 1. The molecule has 2 N–H and O–H groups in total. The number of likely N-dealkylation sites (tertiary alicyclic amines) is 1. The molecule has 1 aliphatic carbocycles. The molecule has 22 heavy (non-hydrogen) atoms. The molecule has 2 fully saturated rings. The number of nitrogens with one attached hydrogen (secondary N) is 1. The normalized spacial score (nSPS) is 34.4. The van der Waals surface area contributed by atoms with Crippen molar-refractivity contribution in [3.05, 3.63) is 30.3 Å². The quantitative estimate of drug-likeness (QED) is 0.871. The van der Waals surface area contributed by atoms with E-state index in [9.17, 15) is 5.11 Å². The van der Waals surface area contributed by atoms with E-state index in [0.717, 1.165) is 12.3 Å². The van der Waals surface area contributed by atoms with Crippen molar-refractivity contribution in [1.82, 2.24) is 0 Å². The van der Waals surface area contributed by atoms with Gasteiger partial charge in [0.1, 0.15) is 25.0 Å². The van der Waals surface area contributed by atoms with Crippen molar-refractivity contribution in [1.29, 1.82) is 0 Å². The van der Waals surface area contributed by atoms with Crippen LogP contribution in [0.15, 0.2) is 30.3 Å². The van der Waals surface area contributed by atoms with Gasteiger partial charge in [0.15, 0.2) is 0 Å². The van der Waals surface area contributed by atoms with Crippen molar-refractivity contribution in [2.45, 2.75) is 52.2 Å². The van der Waals surface area contributed by atoms with Gasteiger partial charge in [0, 0.05) is 18.3 Å². The highest BCUT2D eigenvalue weighted by Gasteiger charge is 2.52. The molecule has 0 radical (unpaired) electrons. The molecule has 0 spiro atoms. The number of benzene rings is 1. The van der Waals surface area contributed by atoms with Crippen molar-refractivity contribution in [2.75, 3.05) is 19.7 Å². The number of hydrogen-bond donors (Lipinski definition) is 2. The molecule has 1 heterocycles. The first-order chi connectivity index (χ1) is 10.4. The van der Waals surface area contributed by atoms with Gasteiger partial charge in [0.25, 0.3) is 0 Å². The van der Waals surface area contributed by atoms with Gasteiger partial charge < -0.3 is 14.7 Å². The minimum absolute atomic E-state index is 0.388. The Morgan fingerprint density at radius 3 is 2.68 bits per heavy atom. The van der Waals surface area contributed by atoms with Crippen LogP contribution < -0.4 is 9.64 Å². The fourth-order valence-corrected chi connectivity index (χ4v) is 5.06. The van der Waals surface area contributed by atoms with Crippen molar-refractivity contribution in [2.24, 2.45) is 10.8 Å². The summed E-state index contributed by atoms with van der Waals surface area (Å²) in [4.78, 5) is 1.58. The van der Waals surface area contributed by atoms with Crippen LogP contribution in [0.25, 0.3) is 0 Å². The van der Waals surface area contributed by atoms with Crippen LogP contribution in [0.3, 0.4) is 0 Å². The topological polar surface area (TPSA) is 33.9 Å². The Kier molecular flexibility index (Phi) is 4.21. The Balaban J connectivity index is 1.53. The van der Waals surface area contributed by atoms with Crippen LogP contribution >= 0.6 is 0 Å². The predicted molar refractivity (Wildman–Crippen MR) is 88.2 cm³/mol. The molecule has 3 heteroatoms. The summed E-state index contributed by atoms with van der Waals surface area (Å²) in [5.74, 6) is 0.838. The zero-order chi connectivity index (χ0) is 15.8. The van der Waals surface area contributed by atoms with E-state index in [1.807, 2.05) is 30.3 Å². The molecular weight excluding hydrogens is 274 g/mol. The largest absolute Gasteiger partial charge is 0.491 e. The van der Waals surface area contributed by atoms with Gasteiger partial charge in [-0.3, -0.25) is 0 Å². The predicted octanol–water partition coefficient (Wildman–Crippen LogP) is 1.91. The molecule has 2 bridgehead atoms. The van der Waals surface area contributed by atoms with E-state index < -0.39 is 0 Å². The van der Waals surface area contributed by atoms with Gasteiger partial charge in [-0.05, 0) is 24.0 Å². The number of quaternary nitrogens is 1. The summed E-state index contributed by atoms with van der Waals surface area (Å²) in [7, 11) is 0. The number of ether oxygens (including phenoxy) is 1. The molecule has 3 nitrogen and oxygen atoms in total. The zero-order valence-corrected chi connectivity index (χ0v) is 14.1. The van der Waals surface area contributed by atoms with Gasteiger partial charge in [-0.2, -0.15) is 0 Å². The molecule has 1 aromatic carbocycles. The van der Waals surface area contributed by atoms with Crippen molar-refractivity contribution < 1.29 is 14.7 Å². The van der Waals surface area contributed by atoms with Gasteiger partial charge in [-0.1, -0.05) is 39.0 Å². The first-order valence-electron chi connectivity index (χ1n) is 8.56. The third-order valence-electron chi connectivity index (χ3n) is 5.36. The molecule has 1 aliphatic heterocycles. The summed E-state index contributed by atoms with van der Waals surface area (Å²) in [5, 5.41) is 10.4. The van der Waals surface area contributed by atoms with E-state index in [0.29, 0.717) is 23.5 Å². The van der Waals surface area contributed by atoms with Crippen molar-refractivity contribution >= 4 is 0 Å². The summed E-state index contributed by atoms with van der Waals surface area (Å²) in [5.41, 5.74) is 0.909. The fraction of sp³-hybridized carbons (Fsp3) is 0.684. The third-order valence-corrected chi connectivity index (χ3v) is 5.36. The van der Waals surface area contributed by atoms with Crippen LogP contribution in [-0.2, 0) is 0 Å². The van der Waals surface area contributed by atoms with E-state index in [1.165, 1.54) is 25.8 Å². The van der Waals surface area contributed by atoms with E-state index in [4.69, 9.17) is 4.74 Å². The lowest BCUT2D eigenvalue weighted by atomic mass is 9.65. The van der Waals surface area contributed by atoms with Crippen molar-refractivity contribution in [3.8, 4) is 5.75 Å². The first-order valence-corrected chi connectivity index (χ1v) is 8.56. The Hall–Kier alpha value is -1.06. The second-order valence-corrected chi connectivity index (χ2v) is 8.57. The van der Waals surface area contributed by atoms with Crippen LogP contribution in [0.5, 0.6) is 5.75 Å². The van der Waals surface area contributed by atoms with Crippen LogP contribution in [0.4, 0.5) is 0 Å². The molecule has 1 aromatic rings.